The lowest BCUT2D eigenvalue weighted by atomic mass is 10.2. The van der Waals surface area contributed by atoms with Gasteiger partial charge in [0.25, 0.3) is 0 Å². The zero-order chi connectivity index (χ0) is 12.0. The van der Waals surface area contributed by atoms with E-state index in [1.54, 1.807) is 0 Å². The number of hydrogen-bond donors (Lipinski definition) is 1. The van der Waals surface area contributed by atoms with Crippen LogP contribution in [0.5, 0.6) is 0 Å². The maximum Gasteiger partial charge on any atom is 0.0632 e. The molecule has 0 spiro atoms. The average Bonchev–Trinajstić information content (AvgIpc) is 2.63. The molecule has 1 aromatic rings. The molecular weight excluding hydrogens is 286 g/mol. The Morgan fingerprint density at radius 2 is 2.38 bits per heavy atom. The molecule has 1 aromatic heterocycles. The number of thioether (sulfide) groups is 1. The Bertz CT molecular complexity index is 303. The summed E-state index contributed by atoms with van der Waals surface area (Å²) in [5, 5.41) is 7.89. The molecule has 3 nitrogen and oxygen atoms in total. The van der Waals surface area contributed by atoms with E-state index in [9.17, 15) is 0 Å². The molecule has 1 rings (SSSR count). The van der Waals surface area contributed by atoms with Crippen LogP contribution < -0.4 is 5.32 Å². The van der Waals surface area contributed by atoms with Crippen molar-refractivity contribution in [3.63, 3.8) is 0 Å². The molecule has 0 aromatic carbocycles. The van der Waals surface area contributed by atoms with Crippen molar-refractivity contribution in [2.75, 3.05) is 12.0 Å². The van der Waals surface area contributed by atoms with E-state index in [-0.39, 0.29) is 0 Å². The van der Waals surface area contributed by atoms with Crippen LogP contribution >= 0.6 is 27.7 Å². The topological polar surface area (TPSA) is 29.9 Å². The zero-order valence-electron chi connectivity index (χ0n) is 10.1. The van der Waals surface area contributed by atoms with E-state index in [1.807, 2.05) is 28.8 Å². The lowest BCUT2D eigenvalue weighted by molar-refractivity contribution is 0.404. The lowest BCUT2D eigenvalue weighted by Crippen LogP contribution is -2.40. The van der Waals surface area contributed by atoms with Gasteiger partial charge in [-0.05, 0) is 35.5 Å². The third-order valence-electron chi connectivity index (χ3n) is 2.44. The van der Waals surface area contributed by atoms with Crippen molar-refractivity contribution >= 4 is 27.7 Å². The summed E-state index contributed by atoms with van der Waals surface area (Å²) in [5.41, 5.74) is 0. The molecule has 5 heteroatoms. The van der Waals surface area contributed by atoms with Crippen molar-refractivity contribution in [3.05, 3.63) is 16.9 Å². The molecule has 1 N–H and O–H groups in total. The number of halogens is 1. The maximum absolute atomic E-state index is 4.26. The van der Waals surface area contributed by atoms with Crippen LogP contribution in [0.15, 0.2) is 16.9 Å². The Balaban J connectivity index is 2.37. The molecule has 0 aliphatic rings. The van der Waals surface area contributed by atoms with E-state index >= 15 is 0 Å². The van der Waals surface area contributed by atoms with Gasteiger partial charge in [-0.3, -0.25) is 4.68 Å². The van der Waals surface area contributed by atoms with E-state index in [1.165, 1.54) is 12.2 Å². The molecule has 1 heterocycles. The summed E-state index contributed by atoms with van der Waals surface area (Å²) in [5.74, 6) is 1.17. The Labute approximate surface area is 110 Å². The second kappa shape index (κ2) is 7.35. The van der Waals surface area contributed by atoms with Crippen LogP contribution in [0.25, 0.3) is 0 Å². The highest BCUT2D eigenvalue weighted by molar-refractivity contribution is 9.10. The van der Waals surface area contributed by atoms with Gasteiger partial charge < -0.3 is 5.32 Å². The van der Waals surface area contributed by atoms with Crippen molar-refractivity contribution in [2.45, 2.75) is 38.9 Å². The molecule has 0 fully saturated rings. The second-order valence-corrected chi connectivity index (χ2v) is 5.84. The van der Waals surface area contributed by atoms with Gasteiger partial charge in [0.05, 0.1) is 17.2 Å². The first kappa shape index (κ1) is 14.1. The van der Waals surface area contributed by atoms with Gasteiger partial charge in [0.2, 0.25) is 0 Å². The largest absolute Gasteiger partial charge is 0.309 e. The highest BCUT2D eigenvalue weighted by atomic mass is 79.9. The molecule has 0 saturated heterocycles. The average molecular weight is 306 g/mol. The number of nitrogens with zero attached hydrogens (tertiary/aromatic N) is 2. The number of aromatic nitrogens is 2. The normalized spacial score (nSPS) is 15.0. The molecule has 2 unspecified atom stereocenters. The van der Waals surface area contributed by atoms with E-state index in [2.05, 4.69) is 46.4 Å². The summed E-state index contributed by atoms with van der Waals surface area (Å²) in [4.78, 5) is 0. The molecule has 92 valence electrons. The molecule has 0 saturated carbocycles. The number of nitrogens with one attached hydrogen (secondary N) is 1. The zero-order valence-corrected chi connectivity index (χ0v) is 12.5. The highest BCUT2D eigenvalue weighted by Crippen LogP contribution is 2.07. The third-order valence-corrected chi connectivity index (χ3v) is 3.59. The van der Waals surface area contributed by atoms with Crippen LogP contribution in [0.4, 0.5) is 0 Å². The van der Waals surface area contributed by atoms with Crippen molar-refractivity contribution in [1.29, 1.82) is 0 Å². The highest BCUT2D eigenvalue weighted by Gasteiger charge is 2.10. The monoisotopic (exact) mass is 305 g/mol. The van der Waals surface area contributed by atoms with Crippen LogP contribution in [0.3, 0.4) is 0 Å². The van der Waals surface area contributed by atoms with Gasteiger partial charge in [-0.25, -0.2) is 0 Å². The molecule has 0 amide bonds. The summed E-state index contributed by atoms with van der Waals surface area (Å²) >= 11 is 5.30. The molecule has 16 heavy (non-hydrogen) atoms. The molecule has 0 radical (unpaired) electrons. The van der Waals surface area contributed by atoms with Gasteiger partial charge >= 0.3 is 0 Å². The Kier molecular flexibility index (Phi) is 6.46. The molecule has 0 aliphatic carbocycles. The standard InChI is InChI=1S/C11H20BrN3S/c1-4-11(8-16-3)14-9(2)6-15-7-10(12)5-13-15/h5,7,9,11,14H,4,6,8H2,1-3H3. The molecule has 0 aliphatic heterocycles. The quantitative estimate of drug-likeness (QED) is 0.840. The minimum atomic E-state index is 0.448. The van der Waals surface area contributed by atoms with Gasteiger partial charge in [0.1, 0.15) is 0 Å². The molecular formula is C11H20BrN3S. The maximum atomic E-state index is 4.26. The van der Waals surface area contributed by atoms with Crippen LogP contribution in [-0.2, 0) is 6.54 Å². The van der Waals surface area contributed by atoms with E-state index < -0.39 is 0 Å². The first-order valence-corrected chi connectivity index (χ1v) is 7.77. The number of hydrogen-bond acceptors (Lipinski definition) is 3. The van der Waals surface area contributed by atoms with Crippen LogP contribution in [-0.4, -0.2) is 33.9 Å². The van der Waals surface area contributed by atoms with Gasteiger partial charge in [-0.2, -0.15) is 16.9 Å². The van der Waals surface area contributed by atoms with Gasteiger partial charge in [0, 0.05) is 24.0 Å². The summed E-state index contributed by atoms with van der Waals surface area (Å²) in [6.45, 7) is 5.35. The fourth-order valence-corrected chi connectivity index (χ4v) is 2.72. The fraction of sp³-hybridized carbons (Fsp3) is 0.727. The first-order chi connectivity index (χ1) is 7.65. The summed E-state index contributed by atoms with van der Waals surface area (Å²) in [6.07, 6.45) is 7.16. The summed E-state index contributed by atoms with van der Waals surface area (Å²) < 4.78 is 3.00. The van der Waals surface area contributed by atoms with Crippen LogP contribution in [0, 0.1) is 0 Å². The smallest absolute Gasteiger partial charge is 0.0632 e. The third kappa shape index (κ3) is 4.89. The van der Waals surface area contributed by atoms with E-state index in [0.717, 1.165) is 11.0 Å². The predicted molar refractivity (Wildman–Crippen MR) is 75.0 cm³/mol. The van der Waals surface area contributed by atoms with E-state index in [4.69, 9.17) is 0 Å². The Morgan fingerprint density at radius 1 is 1.62 bits per heavy atom. The predicted octanol–water partition coefficient (Wildman–Crippen LogP) is 2.77. The van der Waals surface area contributed by atoms with Gasteiger partial charge in [-0.1, -0.05) is 6.92 Å². The van der Waals surface area contributed by atoms with Crippen LogP contribution in [0.1, 0.15) is 20.3 Å². The molecule has 0 bridgehead atoms. The second-order valence-electron chi connectivity index (χ2n) is 4.01. The van der Waals surface area contributed by atoms with E-state index in [0.29, 0.717) is 12.1 Å². The van der Waals surface area contributed by atoms with Crippen molar-refractivity contribution in [1.82, 2.24) is 15.1 Å². The van der Waals surface area contributed by atoms with Gasteiger partial charge in [-0.15, -0.1) is 0 Å². The number of rotatable bonds is 7. The minimum Gasteiger partial charge on any atom is -0.309 e. The van der Waals surface area contributed by atoms with Crippen molar-refractivity contribution < 1.29 is 0 Å². The lowest BCUT2D eigenvalue weighted by Gasteiger charge is -2.21. The first-order valence-electron chi connectivity index (χ1n) is 5.58. The van der Waals surface area contributed by atoms with Crippen molar-refractivity contribution in [2.24, 2.45) is 0 Å². The SMILES string of the molecule is CCC(CSC)NC(C)Cn1cc(Br)cn1. The Morgan fingerprint density at radius 3 is 2.88 bits per heavy atom. The summed E-state index contributed by atoms with van der Waals surface area (Å²) in [7, 11) is 0. The fourth-order valence-electron chi connectivity index (χ4n) is 1.66. The van der Waals surface area contributed by atoms with Gasteiger partial charge in [0.15, 0.2) is 0 Å². The Hall–Kier alpha value is -0.0000000000000000555. The van der Waals surface area contributed by atoms with Crippen molar-refractivity contribution in [3.8, 4) is 0 Å². The van der Waals surface area contributed by atoms with Crippen LogP contribution in [0.2, 0.25) is 0 Å². The molecule has 2 atom stereocenters. The minimum absolute atomic E-state index is 0.448. The summed E-state index contributed by atoms with van der Waals surface area (Å²) in [6, 6.07) is 1.05.